The van der Waals surface area contributed by atoms with Crippen LogP contribution in [-0.4, -0.2) is 20.4 Å². The first-order valence-electron chi connectivity index (χ1n) is 10.6. The van der Waals surface area contributed by atoms with E-state index in [-0.39, 0.29) is 5.56 Å². The normalized spacial score (nSPS) is 11.7. The van der Waals surface area contributed by atoms with Crippen LogP contribution in [0, 0.1) is 0 Å². The standard InChI is InChI=1S/C26H20BrClN4O/c1-2-25-30-23-12-11-19(27)13-21(23)26(33)32(25)29-14-18-16-31(24-10-6-4-8-20(18)24)15-17-7-3-5-9-22(17)28/h3-14,16H,2,15H2,1H3. The van der Waals surface area contributed by atoms with Crippen LogP contribution in [0.15, 0.2) is 87.3 Å². The number of aromatic nitrogens is 3. The summed E-state index contributed by atoms with van der Waals surface area (Å²) < 4.78 is 4.38. The van der Waals surface area contributed by atoms with Crippen molar-refractivity contribution >= 4 is 55.6 Å². The van der Waals surface area contributed by atoms with E-state index in [4.69, 9.17) is 11.6 Å². The van der Waals surface area contributed by atoms with Gasteiger partial charge >= 0.3 is 0 Å². The van der Waals surface area contributed by atoms with Gasteiger partial charge in [-0.05, 0) is 35.9 Å². The first kappa shape index (κ1) is 21.6. The van der Waals surface area contributed by atoms with Crippen LogP contribution in [0.5, 0.6) is 0 Å². The third kappa shape index (κ3) is 4.12. The highest BCUT2D eigenvalue weighted by atomic mass is 79.9. The second-order valence-corrected chi connectivity index (χ2v) is 9.05. The molecule has 0 aliphatic rings. The highest BCUT2D eigenvalue weighted by molar-refractivity contribution is 9.10. The van der Waals surface area contributed by atoms with Gasteiger partial charge in [0.2, 0.25) is 0 Å². The predicted molar refractivity (Wildman–Crippen MR) is 139 cm³/mol. The number of hydrogen-bond donors (Lipinski definition) is 0. The van der Waals surface area contributed by atoms with E-state index in [2.05, 4.69) is 42.7 Å². The molecule has 0 aliphatic carbocycles. The topological polar surface area (TPSA) is 52.2 Å². The number of hydrogen-bond acceptors (Lipinski definition) is 3. The SMILES string of the molecule is CCc1nc2ccc(Br)cc2c(=O)n1N=Cc1cn(Cc2ccccc2Cl)c2ccccc12. The minimum absolute atomic E-state index is 0.186. The van der Waals surface area contributed by atoms with E-state index >= 15 is 0 Å². The summed E-state index contributed by atoms with van der Waals surface area (Å²) in [4.78, 5) is 17.8. The van der Waals surface area contributed by atoms with Gasteiger partial charge in [0.15, 0.2) is 0 Å². The van der Waals surface area contributed by atoms with Crippen molar-refractivity contribution in [2.45, 2.75) is 19.9 Å². The van der Waals surface area contributed by atoms with Crippen LogP contribution in [0.2, 0.25) is 5.02 Å². The molecule has 0 amide bonds. The third-order valence-corrected chi connectivity index (χ3v) is 6.48. The monoisotopic (exact) mass is 518 g/mol. The summed E-state index contributed by atoms with van der Waals surface area (Å²) in [5.41, 5.74) is 3.51. The van der Waals surface area contributed by atoms with Crippen LogP contribution < -0.4 is 5.56 Å². The Kier molecular flexibility index (Phi) is 5.87. The molecule has 0 unspecified atom stereocenters. The molecule has 0 fully saturated rings. The molecule has 0 saturated heterocycles. The van der Waals surface area contributed by atoms with Crippen LogP contribution in [-0.2, 0) is 13.0 Å². The molecule has 0 atom stereocenters. The van der Waals surface area contributed by atoms with Crippen molar-refractivity contribution in [3.63, 3.8) is 0 Å². The van der Waals surface area contributed by atoms with Crippen molar-refractivity contribution in [2.75, 3.05) is 0 Å². The Morgan fingerprint density at radius 1 is 1.06 bits per heavy atom. The molecule has 164 valence electrons. The lowest BCUT2D eigenvalue weighted by atomic mass is 10.2. The van der Waals surface area contributed by atoms with Crippen molar-refractivity contribution in [3.8, 4) is 0 Å². The van der Waals surface area contributed by atoms with Crippen molar-refractivity contribution < 1.29 is 0 Å². The Balaban J connectivity index is 1.61. The lowest BCUT2D eigenvalue weighted by Crippen LogP contribution is -2.22. The molecule has 5 nitrogen and oxygen atoms in total. The number of halogens is 2. The highest BCUT2D eigenvalue weighted by Crippen LogP contribution is 2.24. The Labute approximate surface area is 204 Å². The highest BCUT2D eigenvalue weighted by Gasteiger charge is 2.12. The summed E-state index contributed by atoms with van der Waals surface area (Å²) in [6, 6.07) is 21.5. The molecule has 3 aromatic carbocycles. The van der Waals surface area contributed by atoms with Crippen LogP contribution in [0.4, 0.5) is 0 Å². The van der Waals surface area contributed by atoms with Gasteiger partial charge in [-0.25, -0.2) is 4.98 Å². The van der Waals surface area contributed by atoms with E-state index in [1.54, 1.807) is 12.3 Å². The summed E-state index contributed by atoms with van der Waals surface area (Å²) in [5, 5.41) is 6.89. The van der Waals surface area contributed by atoms with Gasteiger partial charge in [0.05, 0.1) is 17.1 Å². The van der Waals surface area contributed by atoms with Gasteiger partial charge in [0, 0.05) is 45.1 Å². The zero-order valence-electron chi connectivity index (χ0n) is 17.9. The molecule has 5 rings (SSSR count). The maximum absolute atomic E-state index is 13.2. The Morgan fingerprint density at radius 3 is 2.67 bits per heavy atom. The second-order valence-electron chi connectivity index (χ2n) is 7.73. The van der Waals surface area contributed by atoms with Crippen LogP contribution in [0.3, 0.4) is 0 Å². The molecule has 0 saturated carbocycles. The molecule has 5 aromatic rings. The molecule has 0 radical (unpaired) electrons. The lowest BCUT2D eigenvalue weighted by molar-refractivity contribution is 0.734. The summed E-state index contributed by atoms with van der Waals surface area (Å²) in [5.74, 6) is 0.617. The van der Waals surface area contributed by atoms with E-state index in [0.29, 0.717) is 29.7 Å². The second kappa shape index (κ2) is 8.96. The fourth-order valence-electron chi connectivity index (χ4n) is 3.98. The number of para-hydroxylation sites is 1. The number of aryl methyl sites for hydroxylation is 1. The third-order valence-electron chi connectivity index (χ3n) is 5.62. The minimum atomic E-state index is -0.186. The number of benzene rings is 3. The first-order valence-corrected chi connectivity index (χ1v) is 11.8. The van der Waals surface area contributed by atoms with Gasteiger partial charge in [0.1, 0.15) is 5.82 Å². The van der Waals surface area contributed by atoms with E-state index in [0.717, 1.165) is 31.5 Å². The Hall–Kier alpha value is -3.22. The molecular weight excluding hydrogens is 500 g/mol. The Morgan fingerprint density at radius 2 is 1.85 bits per heavy atom. The maximum atomic E-state index is 13.2. The van der Waals surface area contributed by atoms with Crippen LogP contribution in [0.25, 0.3) is 21.8 Å². The Bertz CT molecular complexity index is 1590. The largest absolute Gasteiger partial charge is 0.342 e. The van der Waals surface area contributed by atoms with Gasteiger partial charge in [-0.15, -0.1) is 0 Å². The van der Waals surface area contributed by atoms with Crippen molar-refractivity contribution in [1.82, 2.24) is 14.2 Å². The van der Waals surface area contributed by atoms with E-state index in [1.807, 2.05) is 61.7 Å². The average molecular weight is 520 g/mol. The maximum Gasteiger partial charge on any atom is 0.282 e. The molecule has 2 aromatic heterocycles. The predicted octanol–water partition coefficient (Wildman–Crippen LogP) is 6.26. The molecule has 0 N–H and O–H groups in total. The molecule has 0 aliphatic heterocycles. The fourth-order valence-corrected chi connectivity index (χ4v) is 4.54. The summed E-state index contributed by atoms with van der Waals surface area (Å²) in [6.07, 6.45) is 4.36. The molecule has 0 bridgehead atoms. The summed E-state index contributed by atoms with van der Waals surface area (Å²) >= 11 is 9.83. The quantitative estimate of drug-likeness (QED) is 0.257. The zero-order valence-corrected chi connectivity index (χ0v) is 20.2. The molecule has 33 heavy (non-hydrogen) atoms. The number of fused-ring (bicyclic) bond motifs is 2. The van der Waals surface area contributed by atoms with Crippen LogP contribution in [0.1, 0.15) is 23.9 Å². The molecule has 2 heterocycles. The van der Waals surface area contributed by atoms with Crippen molar-refractivity contribution in [3.05, 3.63) is 110 Å². The lowest BCUT2D eigenvalue weighted by Gasteiger charge is -2.07. The smallest absolute Gasteiger partial charge is 0.282 e. The van der Waals surface area contributed by atoms with E-state index in [9.17, 15) is 4.79 Å². The zero-order chi connectivity index (χ0) is 22.9. The fraction of sp³-hybridized carbons (Fsp3) is 0.115. The van der Waals surface area contributed by atoms with Gasteiger partial charge in [-0.3, -0.25) is 4.79 Å². The number of rotatable bonds is 5. The summed E-state index contributed by atoms with van der Waals surface area (Å²) in [7, 11) is 0. The van der Waals surface area contributed by atoms with Crippen LogP contribution >= 0.6 is 27.5 Å². The van der Waals surface area contributed by atoms with E-state index in [1.165, 1.54) is 4.68 Å². The molecule has 0 spiro atoms. The van der Waals surface area contributed by atoms with Crippen molar-refractivity contribution in [2.24, 2.45) is 5.10 Å². The van der Waals surface area contributed by atoms with E-state index < -0.39 is 0 Å². The average Bonchev–Trinajstić information content (AvgIpc) is 3.17. The first-order chi connectivity index (χ1) is 16.0. The minimum Gasteiger partial charge on any atom is -0.342 e. The molecule has 7 heteroatoms. The molecular formula is C26H20BrClN4O. The summed E-state index contributed by atoms with van der Waals surface area (Å²) in [6.45, 7) is 2.60. The van der Waals surface area contributed by atoms with Gasteiger partial charge in [-0.2, -0.15) is 9.78 Å². The van der Waals surface area contributed by atoms with Gasteiger partial charge in [0.25, 0.3) is 5.56 Å². The van der Waals surface area contributed by atoms with Gasteiger partial charge < -0.3 is 4.57 Å². The van der Waals surface area contributed by atoms with Crippen molar-refractivity contribution in [1.29, 1.82) is 0 Å². The van der Waals surface area contributed by atoms with Gasteiger partial charge in [-0.1, -0.05) is 70.9 Å². The number of nitrogens with zero attached hydrogens (tertiary/aromatic N) is 4.